The number of hydrogen-bond acceptors (Lipinski definition) is 4. The SMILES string of the molecule is COc1ccc2c(c1)CC(NS(=O)(=O)c1ccccc1)CO2. The van der Waals surface area contributed by atoms with E-state index >= 15 is 0 Å². The molecule has 1 aliphatic rings. The maximum Gasteiger partial charge on any atom is 0.240 e. The summed E-state index contributed by atoms with van der Waals surface area (Å²) >= 11 is 0. The molecule has 0 fully saturated rings. The number of nitrogens with one attached hydrogen (secondary N) is 1. The minimum atomic E-state index is -3.54. The van der Waals surface area contributed by atoms with Gasteiger partial charge in [0, 0.05) is 0 Å². The Kier molecular flexibility index (Phi) is 4.04. The fraction of sp³-hybridized carbons (Fsp3) is 0.250. The van der Waals surface area contributed by atoms with E-state index in [1.807, 2.05) is 18.2 Å². The third kappa shape index (κ3) is 3.08. The van der Waals surface area contributed by atoms with E-state index in [1.54, 1.807) is 37.4 Å². The average molecular weight is 319 g/mol. The summed E-state index contributed by atoms with van der Waals surface area (Å²) in [4.78, 5) is 0.256. The van der Waals surface area contributed by atoms with Crippen molar-refractivity contribution in [3.05, 3.63) is 54.1 Å². The largest absolute Gasteiger partial charge is 0.497 e. The molecule has 0 spiro atoms. The molecule has 6 heteroatoms. The van der Waals surface area contributed by atoms with Crippen LogP contribution in [0.15, 0.2) is 53.4 Å². The van der Waals surface area contributed by atoms with E-state index in [0.29, 0.717) is 13.0 Å². The van der Waals surface area contributed by atoms with E-state index in [4.69, 9.17) is 9.47 Å². The van der Waals surface area contributed by atoms with Crippen LogP contribution >= 0.6 is 0 Å². The Bertz CT molecular complexity index is 759. The Hall–Kier alpha value is -2.05. The lowest BCUT2D eigenvalue weighted by atomic mass is 10.0. The second-order valence-electron chi connectivity index (χ2n) is 5.12. The molecule has 5 nitrogen and oxygen atoms in total. The van der Waals surface area contributed by atoms with Crippen molar-refractivity contribution in [1.82, 2.24) is 4.72 Å². The Labute approximate surface area is 129 Å². The summed E-state index contributed by atoms with van der Waals surface area (Å²) in [7, 11) is -1.94. The van der Waals surface area contributed by atoms with E-state index < -0.39 is 10.0 Å². The van der Waals surface area contributed by atoms with Crippen molar-refractivity contribution in [1.29, 1.82) is 0 Å². The first-order valence-electron chi connectivity index (χ1n) is 6.95. The van der Waals surface area contributed by atoms with Crippen molar-refractivity contribution in [3.8, 4) is 11.5 Å². The molecule has 2 aromatic carbocycles. The van der Waals surface area contributed by atoms with Gasteiger partial charge in [0.05, 0.1) is 18.0 Å². The number of sulfonamides is 1. The molecule has 1 heterocycles. The van der Waals surface area contributed by atoms with E-state index in [-0.39, 0.29) is 10.9 Å². The molecule has 3 rings (SSSR count). The number of methoxy groups -OCH3 is 1. The summed E-state index contributed by atoms with van der Waals surface area (Å²) in [6, 6.07) is 13.6. The van der Waals surface area contributed by atoms with Crippen LogP contribution in [0.1, 0.15) is 5.56 Å². The molecule has 1 N–H and O–H groups in total. The highest BCUT2D eigenvalue weighted by molar-refractivity contribution is 7.89. The monoisotopic (exact) mass is 319 g/mol. The second-order valence-corrected chi connectivity index (χ2v) is 6.83. The number of ether oxygens (including phenoxy) is 2. The molecule has 1 unspecified atom stereocenters. The van der Waals surface area contributed by atoms with Gasteiger partial charge in [-0.2, -0.15) is 0 Å². The van der Waals surface area contributed by atoms with Gasteiger partial charge in [0.2, 0.25) is 10.0 Å². The van der Waals surface area contributed by atoms with Crippen molar-refractivity contribution in [3.63, 3.8) is 0 Å². The molecule has 1 aliphatic heterocycles. The highest BCUT2D eigenvalue weighted by Gasteiger charge is 2.25. The highest BCUT2D eigenvalue weighted by Crippen LogP contribution is 2.29. The normalized spacial score (nSPS) is 17.4. The van der Waals surface area contributed by atoms with Crippen LogP contribution in [0.3, 0.4) is 0 Å². The molecule has 0 aromatic heterocycles. The van der Waals surface area contributed by atoms with Crippen LogP contribution in [0.25, 0.3) is 0 Å². The van der Waals surface area contributed by atoms with Crippen LogP contribution in [0.5, 0.6) is 11.5 Å². The summed E-state index contributed by atoms with van der Waals surface area (Å²) in [5.74, 6) is 1.50. The number of benzene rings is 2. The van der Waals surface area contributed by atoms with Gasteiger partial charge in [0.15, 0.2) is 0 Å². The second kappa shape index (κ2) is 5.98. The minimum Gasteiger partial charge on any atom is -0.497 e. The molecule has 1 atom stereocenters. The summed E-state index contributed by atoms with van der Waals surface area (Å²) in [6.45, 7) is 0.311. The Morgan fingerprint density at radius 3 is 2.68 bits per heavy atom. The molecule has 2 aromatic rings. The first-order valence-corrected chi connectivity index (χ1v) is 8.44. The molecular formula is C16H17NO4S. The molecule has 0 amide bonds. The smallest absolute Gasteiger partial charge is 0.240 e. The van der Waals surface area contributed by atoms with E-state index in [9.17, 15) is 8.42 Å². The van der Waals surface area contributed by atoms with Crippen molar-refractivity contribution in [2.45, 2.75) is 17.4 Å². The summed E-state index contributed by atoms with van der Waals surface area (Å²) in [5.41, 5.74) is 0.936. The Balaban J connectivity index is 1.77. The number of hydrogen-bond donors (Lipinski definition) is 1. The van der Waals surface area contributed by atoms with Gasteiger partial charge in [-0.25, -0.2) is 13.1 Å². The number of fused-ring (bicyclic) bond motifs is 1. The van der Waals surface area contributed by atoms with Gasteiger partial charge >= 0.3 is 0 Å². The van der Waals surface area contributed by atoms with Crippen LogP contribution in [-0.2, 0) is 16.4 Å². The van der Waals surface area contributed by atoms with Gasteiger partial charge in [0.1, 0.15) is 18.1 Å². The van der Waals surface area contributed by atoms with E-state index in [0.717, 1.165) is 17.1 Å². The van der Waals surface area contributed by atoms with Crippen molar-refractivity contribution in [2.75, 3.05) is 13.7 Å². The maximum absolute atomic E-state index is 12.3. The molecule has 0 saturated carbocycles. The lowest BCUT2D eigenvalue weighted by Gasteiger charge is -2.26. The molecular weight excluding hydrogens is 302 g/mol. The van der Waals surface area contributed by atoms with Crippen molar-refractivity contribution >= 4 is 10.0 Å². The van der Waals surface area contributed by atoms with Crippen molar-refractivity contribution < 1.29 is 17.9 Å². The fourth-order valence-electron chi connectivity index (χ4n) is 2.46. The van der Waals surface area contributed by atoms with Gasteiger partial charge in [0.25, 0.3) is 0 Å². The molecule has 0 aliphatic carbocycles. The van der Waals surface area contributed by atoms with Gasteiger partial charge in [-0.1, -0.05) is 18.2 Å². The molecule has 22 heavy (non-hydrogen) atoms. The first-order chi connectivity index (χ1) is 10.6. The number of rotatable bonds is 4. The zero-order chi connectivity index (χ0) is 15.6. The molecule has 116 valence electrons. The van der Waals surface area contributed by atoms with Crippen LogP contribution in [-0.4, -0.2) is 28.2 Å². The standard InChI is InChI=1S/C16H17NO4S/c1-20-14-7-8-16-12(10-14)9-13(11-21-16)17-22(18,19)15-5-3-2-4-6-15/h2-8,10,13,17H,9,11H2,1H3. The quantitative estimate of drug-likeness (QED) is 0.936. The van der Waals surface area contributed by atoms with Gasteiger partial charge in [-0.15, -0.1) is 0 Å². The van der Waals surface area contributed by atoms with Crippen LogP contribution < -0.4 is 14.2 Å². The maximum atomic E-state index is 12.3. The lowest BCUT2D eigenvalue weighted by Crippen LogP contribution is -2.42. The van der Waals surface area contributed by atoms with Crippen LogP contribution in [0.4, 0.5) is 0 Å². The van der Waals surface area contributed by atoms with Gasteiger partial charge in [-0.05, 0) is 42.3 Å². The fourth-order valence-corrected chi connectivity index (χ4v) is 3.70. The summed E-state index contributed by atoms with van der Waals surface area (Å²) in [6.07, 6.45) is 0.568. The average Bonchev–Trinajstić information content (AvgIpc) is 2.54. The summed E-state index contributed by atoms with van der Waals surface area (Å²) < 4.78 is 38.2. The third-order valence-corrected chi connectivity index (χ3v) is 5.09. The third-order valence-electron chi connectivity index (χ3n) is 3.55. The predicted molar refractivity (Wildman–Crippen MR) is 82.7 cm³/mol. The zero-order valence-electron chi connectivity index (χ0n) is 12.2. The van der Waals surface area contributed by atoms with Crippen molar-refractivity contribution in [2.24, 2.45) is 0 Å². The molecule has 0 bridgehead atoms. The zero-order valence-corrected chi connectivity index (χ0v) is 13.0. The summed E-state index contributed by atoms with van der Waals surface area (Å²) in [5, 5.41) is 0. The van der Waals surface area contributed by atoms with Crippen LogP contribution in [0.2, 0.25) is 0 Å². The predicted octanol–water partition coefficient (Wildman–Crippen LogP) is 1.98. The topological polar surface area (TPSA) is 64.6 Å². The van der Waals surface area contributed by atoms with Crippen LogP contribution in [0, 0.1) is 0 Å². The van der Waals surface area contributed by atoms with Gasteiger partial charge < -0.3 is 9.47 Å². The lowest BCUT2D eigenvalue weighted by molar-refractivity contribution is 0.253. The molecule has 0 radical (unpaired) electrons. The van der Waals surface area contributed by atoms with E-state index in [1.165, 1.54) is 0 Å². The Morgan fingerprint density at radius 1 is 1.18 bits per heavy atom. The van der Waals surface area contributed by atoms with E-state index in [2.05, 4.69) is 4.72 Å². The highest BCUT2D eigenvalue weighted by atomic mass is 32.2. The molecule has 0 saturated heterocycles. The minimum absolute atomic E-state index is 0.256. The first kappa shape index (κ1) is 14.9. The van der Waals surface area contributed by atoms with Gasteiger partial charge in [-0.3, -0.25) is 0 Å². The Morgan fingerprint density at radius 2 is 1.95 bits per heavy atom.